The number of phenolic OH excluding ortho intramolecular Hbond substituents is 1. The van der Waals surface area contributed by atoms with Crippen LogP contribution in [0.25, 0.3) is 11.3 Å². The first-order valence-electron chi connectivity index (χ1n) is 5.31. The largest absolute Gasteiger partial charge is 0.504 e. The fraction of sp³-hybridized carbons (Fsp3) is 0.250. The highest BCUT2D eigenvalue weighted by Crippen LogP contribution is 2.40. The summed E-state index contributed by atoms with van der Waals surface area (Å²) in [7, 11) is 4.73. The summed E-state index contributed by atoms with van der Waals surface area (Å²) in [5, 5.41) is 14.1. The van der Waals surface area contributed by atoms with Gasteiger partial charge >= 0.3 is 0 Å². The lowest BCUT2D eigenvalue weighted by Crippen LogP contribution is -1.96. The lowest BCUT2D eigenvalue weighted by atomic mass is 10.1. The summed E-state index contributed by atoms with van der Waals surface area (Å²) in [5.41, 5.74) is 7.09. The van der Waals surface area contributed by atoms with Crippen molar-refractivity contribution in [3.05, 3.63) is 18.2 Å². The number of ether oxygens (including phenoxy) is 2. The molecule has 2 aromatic rings. The molecule has 2 rings (SSSR count). The number of phenols is 1. The van der Waals surface area contributed by atoms with Crippen LogP contribution in [0.2, 0.25) is 0 Å². The zero-order chi connectivity index (χ0) is 13.3. The normalized spacial score (nSPS) is 10.4. The van der Waals surface area contributed by atoms with Crippen LogP contribution in [0, 0.1) is 0 Å². The Hall–Kier alpha value is -2.37. The van der Waals surface area contributed by atoms with Crippen molar-refractivity contribution in [2.75, 3.05) is 20.0 Å². The van der Waals surface area contributed by atoms with E-state index in [1.54, 1.807) is 29.9 Å². The van der Waals surface area contributed by atoms with Gasteiger partial charge in [-0.3, -0.25) is 4.68 Å². The lowest BCUT2D eigenvalue weighted by molar-refractivity contribution is 0.333. The van der Waals surface area contributed by atoms with E-state index in [-0.39, 0.29) is 5.75 Å². The van der Waals surface area contributed by atoms with Gasteiger partial charge in [-0.25, -0.2) is 0 Å². The molecule has 0 bridgehead atoms. The average molecular weight is 249 g/mol. The number of nitrogen functional groups attached to an aromatic ring is 1. The minimum atomic E-state index is -0.00363. The van der Waals surface area contributed by atoms with Crippen LogP contribution >= 0.6 is 0 Å². The molecule has 0 radical (unpaired) electrons. The summed E-state index contributed by atoms with van der Waals surface area (Å²) in [6.07, 6.45) is 0. The number of hydrogen-bond acceptors (Lipinski definition) is 5. The molecule has 0 aliphatic heterocycles. The van der Waals surface area contributed by atoms with Gasteiger partial charge in [-0.1, -0.05) is 0 Å². The van der Waals surface area contributed by atoms with Gasteiger partial charge in [0.1, 0.15) is 5.82 Å². The number of rotatable bonds is 3. The highest BCUT2D eigenvalue weighted by atomic mass is 16.5. The van der Waals surface area contributed by atoms with E-state index in [0.29, 0.717) is 28.6 Å². The van der Waals surface area contributed by atoms with Crippen molar-refractivity contribution in [1.29, 1.82) is 0 Å². The number of aromatic hydroxyl groups is 1. The van der Waals surface area contributed by atoms with Crippen LogP contribution in [-0.2, 0) is 7.05 Å². The van der Waals surface area contributed by atoms with Crippen LogP contribution < -0.4 is 15.2 Å². The molecule has 18 heavy (non-hydrogen) atoms. The number of benzene rings is 1. The first-order chi connectivity index (χ1) is 8.56. The lowest BCUT2D eigenvalue weighted by Gasteiger charge is -2.10. The molecule has 1 heterocycles. The maximum atomic E-state index is 9.87. The van der Waals surface area contributed by atoms with Crippen molar-refractivity contribution in [1.82, 2.24) is 9.78 Å². The van der Waals surface area contributed by atoms with E-state index in [4.69, 9.17) is 15.2 Å². The van der Waals surface area contributed by atoms with Crippen LogP contribution in [0.15, 0.2) is 18.2 Å². The fourth-order valence-electron chi connectivity index (χ4n) is 1.71. The molecule has 6 heteroatoms. The van der Waals surface area contributed by atoms with Crippen molar-refractivity contribution >= 4 is 5.82 Å². The Labute approximate surface area is 105 Å². The van der Waals surface area contributed by atoms with Crippen molar-refractivity contribution in [2.24, 2.45) is 7.05 Å². The van der Waals surface area contributed by atoms with Crippen molar-refractivity contribution in [3.8, 4) is 28.5 Å². The van der Waals surface area contributed by atoms with Crippen LogP contribution in [-0.4, -0.2) is 29.1 Å². The number of aryl methyl sites for hydroxylation is 1. The molecule has 0 spiro atoms. The van der Waals surface area contributed by atoms with E-state index >= 15 is 0 Å². The Bertz CT molecular complexity index is 559. The van der Waals surface area contributed by atoms with Gasteiger partial charge in [0.15, 0.2) is 11.5 Å². The second kappa shape index (κ2) is 4.48. The van der Waals surface area contributed by atoms with Crippen molar-refractivity contribution in [3.63, 3.8) is 0 Å². The summed E-state index contributed by atoms with van der Waals surface area (Å²) < 4.78 is 11.8. The first kappa shape index (κ1) is 12.1. The third kappa shape index (κ3) is 1.92. The summed E-state index contributed by atoms with van der Waals surface area (Å²) in [5.74, 6) is 1.28. The van der Waals surface area contributed by atoms with E-state index in [1.165, 1.54) is 14.2 Å². The van der Waals surface area contributed by atoms with E-state index in [1.807, 2.05) is 0 Å². The Morgan fingerprint density at radius 2 is 1.94 bits per heavy atom. The summed E-state index contributed by atoms with van der Waals surface area (Å²) >= 11 is 0. The molecule has 1 aromatic carbocycles. The second-order valence-corrected chi connectivity index (χ2v) is 3.81. The predicted molar refractivity (Wildman–Crippen MR) is 67.8 cm³/mol. The monoisotopic (exact) mass is 249 g/mol. The van der Waals surface area contributed by atoms with Gasteiger partial charge in [0.05, 0.1) is 19.9 Å². The van der Waals surface area contributed by atoms with E-state index in [9.17, 15) is 5.11 Å². The molecule has 0 amide bonds. The van der Waals surface area contributed by atoms with E-state index in [2.05, 4.69) is 5.10 Å². The Balaban J connectivity index is 2.55. The molecule has 1 aromatic heterocycles. The Morgan fingerprint density at radius 3 is 2.44 bits per heavy atom. The van der Waals surface area contributed by atoms with Crippen LogP contribution in [0.5, 0.6) is 17.2 Å². The molecule has 0 fully saturated rings. The van der Waals surface area contributed by atoms with E-state index < -0.39 is 0 Å². The fourth-order valence-corrected chi connectivity index (χ4v) is 1.71. The molecule has 0 saturated heterocycles. The maximum Gasteiger partial charge on any atom is 0.203 e. The van der Waals surface area contributed by atoms with Gasteiger partial charge in [-0.2, -0.15) is 5.10 Å². The number of aromatic nitrogens is 2. The third-order valence-electron chi connectivity index (χ3n) is 2.67. The molecular formula is C12H15N3O3. The Kier molecular flexibility index (Phi) is 3.01. The summed E-state index contributed by atoms with van der Waals surface area (Å²) in [6, 6.07) is 5.02. The molecule has 3 N–H and O–H groups in total. The first-order valence-corrected chi connectivity index (χ1v) is 5.31. The zero-order valence-corrected chi connectivity index (χ0v) is 10.5. The zero-order valence-electron chi connectivity index (χ0n) is 10.5. The summed E-state index contributed by atoms with van der Waals surface area (Å²) in [4.78, 5) is 0. The van der Waals surface area contributed by atoms with Gasteiger partial charge in [0, 0.05) is 18.7 Å². The molecular weight excluding hydrogens is 234 g/mol. The molecule has 0 unspecified atom stereocenters. The second-order valence-electron chi connectivity index (χ2n) is 3.81. The minimum Gasteiger partial charge on any atom is -0.504 e. The highest BCUT2D eigenvalue weighted by molar-refractivity contribution is 5.69. The number of nitrogens with zero attached hydrogens (tertiary/aromatic N) is 2. The smallest absolute Gasteiger partial charge is 0.203 e. The molecule has 0 aliphatic carbocycles. The maximum absolute atomic E-state index is 9.87. The summed E-state index contributed by atoms with van der Waals surface area (Å²) in [6.45, 7) is 0. The molecule has 0 saturated carbocycles. The standard InChI is InChI=1S/C12H15N3O3/c1-15-11(13)6-8(14-15)7-4-9(16)12(18-3)10(5-7)17-2/h4-6,16H,13H2,1-3H3. The predicted octanol–water partition coefficient (Wildman–Crippen LogP) is 1.39. The Morgan fingerprint density at radius 1 is 1.22 bits per heavy atom. The highest BCUT2D eigenvalue weighted by Gasteiger charge is 2.14. The van der Waals surface area contributed by atoms with E-state index in [0.717, 1.165) is 0 Å². The van der Waals surface area contributed by atoms with Gasteiger partial charge < -0.3 is 20.3 Å². The van der Waals surface area contributed by atoms with Gasteiger partial charge in [0.2, 0.25) is 5.75 Å². The molecule has 0 aliphatic rings. The number of hydrogen-bond donors (Lipinski definition) is 2. The van der Waals surface area contributed by atoms with Crippen LogP contribution in [0.1, 0.15) is 0 Å². The molecule has 6 nitrogen and oxygen atoms in total. The van der Waals surface area contributed by atoms with Crippen LogP contribution in [0.3, 0.4) is 0 Å². The van der Waals surface area contributed by atoms with Gasteiger partial charge in [0.25, 0.3) is 0 Å². The van der Waals surface area contributed by atoms with Crippen molar-refractivity contribution < 1.29 is 14.6 Å². The van der Waals surface area contributed by atoms with Crippen LogP contribution in [0.4, 0.5) is 5.82 Å². The van der Waals surface area contributed by atoms with Gasteiger partial charge in [-0.05, 0) is 12.1 Å². The van der Waals surface area contributed by atoms with Crippen molar-refractivity contribution in [2.45, 2.75) is 0 Å². The quantitative estimate of drug-likeness (QED) is 0.859. The van der Waals surface area contributed by atoms with Gasteiger partial charge in [-0.15, -0.1) is 0 Å². The number of anilines is 1. The number of nitrogens with two attached hydrogens (primary N) is 1. The topological polar surface area (TPSA) is 82.5 Å². The minimum absolute atomic E-state index is 0.00363. The third-order valence-corrected chi connectivity index (χ3v) is 2.67. The SMILES string of the molecule is COc1cc(-c2cc(N)n(C)n2)cc(O)c1OC. The molecule has 0 atom stereocenters. The number of methoxy groups -OCH3 is 2. The average Bonchev–Trinajstić information content (AvgIpc) is 2.68. The molecule has 96 valence electrons.